The van der Waals surface area contributed by atoms with Crippen LogP contribution >= 0.6 is 0 Å². The van der Waals surface area contributed by atoms with E-state index in [4.69, 9.17) is 9.84 Å². The smallest absolute Gasteiger partial charge is 0.335 e. The molecule has 0 amide bonds. The minimum Gasteiger partial charge on any atom is -0.478 e. The van der Waals surface area contributed by atoms with Crippen LogP contribution in [0.3, 0.4) is 0 Å². The van der Waals surface area contributed by atoms with Crippen molar-refractivity contribution in [3.63, 3.8) is 0 Å². The molecule has 0 aliphatic carbocycles. The summed E-state index contributed by atoms with van der Waals surface area (Å²) in [5, 5.41) is 8.93. The molecule has 0 fully saturated rings. The van der Waals surface area contributed by atoms with Crippen LogP contribution in [0.4, 0.5) is 4.39 Å². The fourth-order valence-corrected chi connectivity index (χ4v) is 1.97. The van der Waals surface area contributed by atoms with E-state index in [0.29, 0.717) is 18.7 Å². The van der Waals surface area contributed by atoms with Crippen molar-refractivity contribution in [2.45, 2.75) is 26.4 Å². The lowest BCUT2D eigenvalue weighted by Gasteiger charge is -2.27. The number of hydrogen-bond donors (Lipinski definition) is 1. The van der Waals surface area contributed by atoms with Crippen molar-refractivity contribution in [3.8, 4) is 0 Å². The molecular weight excluding hydrogens is 249 g/mol. The first kappa shape index (κ1) is 15.6. The largest absolute Gasteiger partial charge is 0.478 e. The minimum atomic E-state index is -1.05. The Kier molecular flexibility index (Phi) is 5.92. The number of benzene rings is 1. The van der Waals surface area contributed by atoms with E-state index >= 15 is 0 Å². The highest BCUT2D eigenvalue weighted by atomic mass is 19.1. The second kappa shape index (κ2) is 7.21. The van der Waals surface area contributed by atoms with Crippen molar-refractivity contribution in [2.24, 2.45) is 0 Å². The quantitative estimate of drug-likeness (QED) is 0.825. The Morgan fingerprint density at radius 3 is 2.74 bits per heavy atom. The minimum absolute atomic E-state index is 0.104. The van der Waals surface area contributed by atoms with Crippen molar-refractivity contribution in [3.05, 3.63) is 35.1 Å². The number of carboxylic acids is 1. The zero-order valence-corrected chi connectivity index (χ0v) is 11.5. The lowest BCUT2D eigenvalue weighted by atomic mass is 10.1. The van der Waals surface area contributed by atoms with Crippen LogP contribution in [0.5, 0.6) is 0 Å². The molecule has 0 saturated carbocycles. The molecule has 19 heavy (non-hydrogen) atoms. The maximum Gasteiger partial charge on any atom is 0.335 e. The van der Waals surface area contributed by atoms with Crippen molar-refractivity contribution >= 4 is 5.97 Å². The molecule has 1 N–H and O–H groups in total. The number of hydrogen-bond acceptors (Lipinski definition) is 3. The maximum absolute atomic E-state index is 13.7. The van der Waals surface area contributed by atoms with Crippen LogP contribution in [0.1, 0.15) is 29.8 Å². The lowest BCUT2D eigenvalue weighted by molar-refractivity contribution is 0.0696. The normalized spacial score (nSPS) is 12.7. The van der Waals surface area contributed by atoms with Crippen molar-refractivity contribution < 1.29 is 19.0 Å². The third kappa shape index (κ3) is 4.29. The summed E-state index contributed by atoms with van der Waals surface area (Å²) < 4.78 is 18.8. The highest BCUT2D eigenvalue weighted by Crippen LogP contribution is 2.15. The molecule has 0 aliphatic rings. The van der Waals surface area contributed by atoms with Gasteiger partial charge in [-0.05, 0) is 31.7 Å². The standard InChI is InChI=1S/C14H20FNO3/c1-4-16(10(2)9-19-3)8-12-7-11(14(17)18)5-6-13(12)15/h5-7,10H,4,8-9H2,1-3H3,(H,17,18). The number of methoxy groups -OCH3 is 1. The predicted molar refractivity (Wildman–Crippen MR) is 70.8 cm³/mol. The van der Waals surface area contributed by atoms with Crippen LogP contribution in [0, 0.1) is 5.82 Å². The van der Waals surface area contributed by atoms with E-state index in [-0.39, 0.29) is 17.4 Å². The van der Waals surface area contributed by atoms with Gasteiger partial charge in [0.05, 0.1) is 12.2 Å². The summed E-state index contributed by atoms with van der Waals surface area (Å²) in [7, 11) is 1.62. The lowest BCUT2D eigenvalue weighted by Crippen LogP contribution is -2.35. The number of likely N-dealkylation sites (N-methyl/N-ethyl adjacent to an activating group) is 1. The molecule has 0 aromatic heterocycles. The Labute approximate surface area is 112 Å². The van der Waals surface area contributed by atoms with Gasteiger partial charge in [-0.1, -0.05) is 6.92 Å². The first-order chi connectivity index (χ1) is 8.99. The van der Waals surface area contributed by atoms with Crippen molar-refractivity contribution in [1.29, 1.82) is 0 Å². The number of ether oxygens (including phenoxy) is 1. The number of nitrogens with zero attached hydrogens (tertiary/aromatic N) is 1. The number of carbonyl (C=O) groups is 1. The zero-order chi connectivity index (χ0) is 14.4. The average Bonchev–Trinajstić information content (AvgIpc) is 2.37. The highest BCUT2D eigenvalue weighted by molar-refractivity contribution is 5.87. The van der Waals surface area contributed by atoms with Crippen LogP contribution < -0.4 is 0 Å². The average molecular weight is 269 g/mol. The molecule has 0 aliphatic heterocycles. The summed E-state index contributed by atoms with van der Waals surface area (Å²) in [5.74, 6) is -1.43. The Morgan fingerprint density at radius 2 is 2.21 bits per heavy atom. The Bertz CT molecular complexity index is 437. The van der Waals surface area contributed by atoms with Gasteiger partial charge in [-0.2, -0.15) is 0 Å². The van der Waals surface area contributed by atoms with Crippen molar-refractivity contribution in [1.82, 2.24) is 4.90 Å². The Morgan fingerprint density at radius 1 is 1.53 bits per heavy atom. The van der Waals surface area contributed by atoms with E-state index < -0.39 is 5.97 Å². The predicted octanol–water partition coefficient (Wildman–Crippen LogP) is 2.38. The molecule has 0 radical (unpaired) electrons. The molecule has 4 nitrogen and oxygen atoms in total. The van der Waals surface area contributed by atoms with Crippen LogP contribution in [-0.2, 0) is 11.3 Å². The molecule has 0 heterocycles. The van der Waals surface area contributed by atoms with Gasteiger partial charge in [0, 0.05) is 25.3 Å². The summed E-state index contributed by atoms with van der Waals surface area (Å²) in [6, 6.07) is 4.01. The molecule has 1 rings (SSSR count). The number of carboxylic acid groups (broad SMARTS) is 1. The van der Waals surface area contributed by atoms with E-state index in [1.807, 2.05) is 18.7 Å². The summed E-state index contributed by atoms with van der Waals surface area (Å²) >= 11 is 0. The topological polar surface area (TPSA) is 49.8 Å². The zero-order valence-electron chi connectivity index (χ0n) is 11.5. The van der Waals surface area contributed by atoms with Gasteiger partial charge in [0.15, 0.2) is 0 Å². The van der Waals surface area contributed by atoms with Gasteiger partial charge in [0.2, 0.25) is 0 Å². The van der Waals surface area contributed by atoms with Crippen molar-refractivity contribution in [2.75, 3.05) is 20.3 Å². The second-order valence-corrected chi connectivity index (χ2v) is 4.48. The summed E-state index contributed by atoms with van der Waals surface area (Å²) in [5.41, 5.74) is 0.497. The van der Waals surface area contributed by atoms with Gasteiger partial charge < -0.3 is 9.84 Å². The van der Waals surface area contributed by atoms with E-state index in [0.717, 1.165) is 6.54 Å². The molecule has 1 atom stereocenters. The summed E-state index contributed by atoms with van der Waals surface area (Å²) in [4.78, 5) is 12.9. The van der Waals surface area contributed by atoms with Gasteiger partial charge in [-0.15, -0.1) is 0 Å². The molecule has 106 valence electrons. The Hall–Kier alpha value is -1.46. The summed E-state index contributed by atoms with van der Waals surface area (Å²) in [6.45, 7) is 5.63. The number of rotatable bonds is 7. The monoisotopic (exact) mass is 269 g/mol. The molecule has 1 aromatic carbocycles. The second-order valence-electron chi connectivity index (χ2n) is 4.48. The Balaban J connectivity index is 2.89. The fraction of sp³-hybridized carbons (Fsp3) is 0.500. The highest BCUT2D eigenvalue weighted by Gasteiger charge is 2.15. The molecular formula is C14H20FNO3. The number of aromatic carboxylic acids is 1. The van der Waals surface area contributed by atoms with Gasteiger partial charge in [-0.25, -0.2) is 9.18 Å². The first-order valence-corrected chi connectivity index (χ1v) is 6.24. The summed E-state index contributed by atoms with van der Waals surface area (Å²) in [6.07, 6.45) is 0. The van der Waals surface area contributed by atoms with Crippen LogP contribution in [0.2, 0.25) is 0 Å². The molecule has 0 bridgehead atoms. The molecule has 5 heteroatoms. The van der Waals surface area contributed by atoms with E-state index in [9.17, 15) is 9.18 Å². The van der Waals surface area contributed by atoms with Crippen LogP contribution in [0.25, 0.3) is 0 Å². The molecule has 1 aromatic rings. The molecule has 0 spiro atoms. The van der Waals surface area contributed by atoms with Gasteiger partial charge in [0.25, 0.3) is 0 Å². The van der Waals surface area contributed by atoms with Gasteiger partial charge in [0.1, 0.15) is 5.82 Å². The van der Waals surface area contributed by atoms with E-state index in [2.05, 4.69) is 0 Å². The van der Waals surface area contributed by atoms with E-state index in [1.165, 1.54) is 18.2 Å². The fourth-order valence-electron chi connectivity index (χ4n) is 1.97. The van der Waals surface area contributed by atoms with E-state index in [1.54, 1.807) is 7.11 Å². The van der Waals surface area contributed by atoms with Crippen LogP contribution in [0.15, 0.2) is 18.2 Å². The number of halogens is 1. The molecule has 1 unspecified atom stereocenters. The first-order valence-electron chi connectivity index (χ1n) is 6.24. The maximum atomic E-state index is 13.7. The van der Waals surface area contributed by atoms with Gasteiger partial charge >= 0.3 is 5.97 Å². The third-order valence-corrected chi connectivity index (χ3v) is 3.10. The van der Waals surface area contributed by atoms with Gasteiger partial charge in [-0.3, -0.25) is 4.90 Å². The third-order valence-electron chi connectivity index (χ3n) is 3.10. The SMILES string of the molecule is CCN(Cc1cc(C(=O)O)ccc1F)C(C)COC. The van der Waals surface area contributed by atoms with Crippen LogP contribution in [-0.4, -0.2) is 42.3 Å². The molecule has 0 saturated heterocycles.